The molecule has 164 valence electrons. The summed E-state index contributed by atoms with van der Waals surface area (Å²) in [6, 6.07) is 29.3. The third-order valence-electron chi connectivity index (χ3n) is 4.75. The number of phosphoric ester groups is 1. The molecule has 0 aliphatic heterocycles. The number of phosphoric acid groups is 1. The number of benzene rings is 4. The van der Waals surface area contributed by atoms with Crippen molar-refractivity contribution in [3.8, 4) is 11.5 Å². The normalized spacial score (nSPS) is 10.9. The highest BCUT2D eigenvalue weighted by Crippen LogP contribution is 2.44. The van der Waals surface area contributed by atoms with Crippen LogP contribution in [-0.4, -0.2) is 16.5 Å². The zero-order valence-electron chi connectivity index (χ0n) is 17.3. The molecule has 7 heteroatoms. The maximum atomic E-state index is 12.5. The molecule has 33 heavy (non-hydrogen) atoms. The lowest BCUT2D eigenvalue weighted by atomic mass is 10.0. The SMILES string of the molecule is O=C(c1ccccc1)c1ccc(OP(=O)(O)Oc2ccc(C(=O)c3ccccc3)cc2)cc1. The van der Waals surface area contributed by atoms with Crippen LogP contribution in [0.3, 0.4) is 0 Å². The van der Waals surface area contributed by atoms with E-state index >= 15 is 0 Å². The second-order valence-electron chi connectivity index (χ2n) is 7.09. The van der Waals surface area contributed by atoms with Crippen molar-refractivity contribution in [1.29, 1.82) is 0 Å². The van der Waals surface area contributed by atoms with Gasteiger partial charge in [0, 0.05) is 22.3 Å². The Morgan fingerprint density at radius 3 is 1.15 bits per heavy atom. The van der Waals surface area contributed by atoms with Crippen LogP contribution < -0.4 is 9.05 Å². The zero-order chi connectivity index (χ0) is 23.3. The molecule has 4 aromatic rings. The first kappa shape index (κ1) is 22.2. The predicted octanol–water partition coefficient (Wildman–Crippen LogP) is 5.71. The van der Waals surface area contributed by atoms with Crippen LogP contribution in [0, 0.1) is 0 Å². The van der Waals surface area contributed by atoms with Gasteiger partial charge in [0.2, 0.25) is 0 Å². The van der Waals surface area contributed by atoms with Crippen molar-refractivity contribution in [2.75, 3.05) is 0 Å². The van der Waals surface area contributed by atoms with Crippen LogP contribution in [0.1, 0.15) is 31.8 Å². The molecule has 4 rings (SSSR count). The highest BCUT2D eigenvalue weighted by molar-refractivity contribution is 7.48. The van der Waals surface area contributed by atoms with Crippen LogP contribution in [-0.2, 0) is 4.57 Å². The van der Waals surface area contributed by atoms with Crippen molar-refractivity contribution in [2.24, 2.45) is 0 Å². The topological polar surface area (TPSA) is 89.9 Å². The van der Waals surface area contributed by atoms with Gasteiger partial charge in [0.25, 0.3) is 0 Å². The molecule has 0 fully saturated rings. The number of hydrogen-bond acceptors (Lipinski definition) is 5. The Kier molecular flexibility index (Phi) is 6.50. The summed E-state index contributed by atoms with van der Waals surface area (Å²) in [5, 5.41) is 0. The summed E-state index contributed by atoms with van der Waals surface area (Å²) in [6.45, 7) is 0. The first-order valence-corrected chi connectivity index (χ1v) is 11.5. The standard InChI is InChI=1S/C26H19O6P/c27-25(19-7-3-1-4-8-19)21-11-15-23(16-12-21)31-33(29,30)32-24-17-13-22(14-18-24)26(28)20-9-5-2-6-10-20/h1-18H,(H,29,30). The fraction of sp³-hybridized carbons (Fsp3) is 0. The van der Waals surface area contributed by atoms with Crippen molar-refractivity contribution in [3.63, 3.8) is 0 Å². The minimum absolute atomic E-state index is 0.0707. The van der Waals surface area contributed by atoms with Crippen LogP contribution in [0.5, 0.6) is 11.5 Å². The second kappa shape index (κ2) is 9.65. The van der Waals surface area contributed by atoms with E-state index in [4.69, 9.17) is 9.05 Å². The number of carbonyl (C=O) groups is 2. The molecule has 6 nitrogen and oxygen atoms in total. The van der Waals surface area contributed by atoms with Gasteiger partial charge in [-0.05, 0) is 48.5 Å². The largest absolute Gasteiger partial charge is 0.584 e. The lowest BCUT2D eigenvalue weighted by Crippen LogP contribution is -2.03. The van der Waals surface area contributed by atoms with Crippen molar-refractivity contribution in [3.05, 3.63) is 131 Å². The van der Waals surface area contributed by atoms with E-state index in [9.17, 15) is 19.0 Å². The van der Waals surface area contributed by atoms with Gasteiger partial charge in [0.05, 0.1) is 0 Å². The van der Waals surface area contributed by atoms with Crippen molar-refractivity contribution in [1.82, 2.24) is 0 Å². The Morgan fingerprint density at radius 2 is 0.818 bits per heavy atom. The highest BCUT2D eigenvalue weighted by Gasteiger charge is 2.25. The summed E-state index contributed by atoms with van der Waals surface area (Å²) < 4.78 is 22.6. The number of hydrogen-bond donors (Lipinski definition) is 1. The molecule has 0 heterocycles. The van der Waals surface area contributed by atoms with E-state index in [1.54, 1.807) is 48.5 Å². The van der Waals surface area contributed by atoms with E-state index < -0.39 is 7.82 Å². The summed E-state index contributed by atoms with van der Waals surface area (Å²) in [6.07, 6.45) is 0. The van der Waals surface area contributed by atoms with E-state index in [-0.39, 0.29) is 23.1 Å². The third-order valence-corrected chi connectivity index (χ3v) is 5.63. The fourth-order valence-electron chi connectivity index (χ4n) is 3.13. The van der Waals surface area contributed by atoms with E-state index in [1.165, 1.54) is 48.5 Å². The van der Waals surface area contributed by atoms with Gasteiger partial charge in [-0.1, -0.05) is 60.7 Å². The van der Waals surface area contributed by atoms with Crippen molar-refractivity contribution >= 4 is 19.4 Å². The average Bonchev–Trinajstić information content (AvgIpc) is 2.85. The molecule has 0 saturated carbocycles. The number of ketones is 2. The van der Waals surface area contributed by atoms with Gasteiger partial charge in [-0.3, -0.25) is 14.5 Å². The fourth-order valence-corrected chi connectivity index (χ4v) is 3.95. The van der Waals surface area contributed by atoms with Crippen LogP contribution in [0.4, 0.5) is 0 Å². The van der Waals surface area contributed by atoms with Gasteiger partial charge >= 0.3 is 7.82 Å². The zero-order valence-corrected chi connectivity index (χ0v) is 18.2. The van der Waals surface area contributed by atoms with Crippen molar-refractivity contribution in [2.45, 2.75) is 0 Å². The van der Waals surface area contributed by atoms with Crippen LogP contribution in [0.2, 0.25) is 0 Å². The molecule has 0 aliphatic rings. The molecule has 0 radical (unpaired) electrons. The number of carbonyl (C=O) groups excluding carboxylic acids is 2. The van der Waals surface area contributed by atoms with E-state index in [0.29, 0.717) is 22.3 Å². The van der Waals surface area contributed by atoms with Crippen LogP contribution in [0.15, 0.2) is 109 Å². The molecular formula is C26H19O6P. The minimum atomic E-state index is -4.50. The summed E-state index contributed by atoms with van der Waals surface area (Å²) in [5.74, 6) is -0.200. The van der Waals surface area contributed by atoms with E-state index in [0.717, 1.165) is 0 Å². The van der Waals surface area contributed by atoms with Crippen LogP contribution >= 0.6 is 7.82 Å². The molecule has 0 aromatic heterocycles. The average molecular weight is 458 g/mol. The molecule has 0 unspecified atom stereocenters. The number of rotatable bonds is 8. The molecule has 0 amide bonds. The van der Waals surface area contributed by atoms with Crippen LogP contribution in [0.25, 0.3) is 0 Å². The highest BCUT2D eigenvalue weighted by atomic mass is 31.2. The smallest absolute Gasteiger partial charge is 0.395 e. The van der Waals surface area contributed by atoms with E-state index in [1.807, 2.05) is 12.1 Å². The third kappa shape index (κ3) is 5.63. The van der Waals surface area contributed by atoms with Crippen molar-refractivity contribution < 1.29 is 28.1 Å². The minimum Gasteiger partial charge on any atom is -0.395 e. The quantitative estimate of drug-likeness (QED) is 0.269. The predicted molar refractivity (Wildman–Crippen MR) is 124 cm³/mol. The summed E-state index contributed by atoms with van der Waals surface area (Å²) >= 11 is 0. The molecule has 0 saturated heterocycles. The Hall–Kier alpha value is -3.99. The molecule has 0 bridgehead atoms. The van der Waals surface area contributed by atoms with Gasteiger partial charge in [0.1, 0.15) is 11.5 Å². The maximum Gasteiger partial charge on any atom is 0.584 e. The lowest BCUT2D eigenvalue weighted by molar-refractivity contribution is 0.103. The van der Waals surface area contributed by atoms with Gasteiger partial charge in [-0.15, -0.1) is 0 Å². The second-order valence-corrected chi connectivity index (χ2v) is 8.39. The van der Waals surface area contributed by atoms with Gasteiger partial charge in [-0.25, -0.2) is 4.57 Å². The lowest BCUT2D eigenvalue weighted by Gasteiger charge is -2.14. The Balaban J connectivity index is 1.40. The van der Waals surface area contributed by atoms with Gasteiger partial charge in [-0.2, -0.15) is 0 Å². The summed E-state index contributed by atoms with van der Waals surface area (Å²) in [5.41, 5.74) is 1.91. The Morgan fingerprint density at radius 1 is 0.515 bits per heavy atom. The molecule has 4 aromatic carbocycles. The first-order chi connectivity index (χ1) is 15.9. The summed E-state index contributed by atoms with van der Waals surface area (Å²) in [4.78, 5) is 35.0. The van der Waals surface area contributed by atoms with Gasteiger partial charge < -0.3 is 9.05 Å². The van der Waals surface area contributed by atoms with E-state index in [2.05, 4.69) is 0 Å². The Labute approximate surface area is 190 Å². The molecular weight excluding hydrogens is 439 g/mol. The monoisotopic (exact) mass is 458 g/mol. The summed E-state index contributed by atoms with van der Waals surface area (Å²) in [7, 11) is -4.50. The first-order valence-electron chi connectivity index (χ1n) is 10.0. The molecule has 1 N–H and O–H groups in total. The molecule has 0 atom stereocenters. The van der Waals surface area contributed by atoms with Gasteiger partial charge in [0.15, 0.2) is 11.6 Å². The molecule has 0 spiro atoms. The molecule has 0 aliphatic carbocycles. The maximum absolute atomic E-state index is 12.5. The Bertz CT molecular complexity index is 1200.